The molecule has 0 bridgehead atoms. The molecule has 2 rings (SSSR count). The van der Waals surface area contributed by atoms with Crippen LogP contribution >= 0.6 is 23.4 Å². The van der Waals surface area contributed by atoms with Crippen molar-refractivity contribution >= 4 is 35.2 Å². The zero-order chi connectivity index (χ0) is 15.9. The van der Waals surface area contributed by atoms with Crippen LogP contribution in [0.2, 0.25) is 5.02 Å². The first kappa shape index (κ1) is 17.2. The summed E-state index contributed by atoms with van der Waals surface area (Å²) in [4.78, 5) is 25.4. The van der Waals surface area contributed by atoms with Crippen LogP contribution in [0.25, 0.3) is 0 Å². The number of rotatable bonds is 7. The predicted octanol–water partition coefficient (Wildman–Crippen LogP) is 2.56. The fraction of sp³-hybridized carbons (Fsp3) is 0.500. The maximum atomic E-state index is 12.0. The van der Waals surface area contributed by atoms with E-state index < -0.39 is 0 Å². The van der Waals surface area contributed by atoms with Crippen molar-refractivity contribution in [1.82, 2.24) is 10.2 Å². The number of hydrogen-bond acceptors (Lipinski definition) is 3. The monoisotopic (exact) mass is 340 g/mol. The Hall–Kier alpha value is -1.20. The molecule has 22 heavy (non-hydrogen) atoms. The molecule has 0 spiro atoms. The van der Waals surface area contributed by atoms with Crippen molar-refractivity contribution in [1.29, 1.82) is 0 Å². The molecule has 0 aliphatic carbocycles. The van der Waals surface area contributed by atoms with Crippen LogP contribution in [0.1, 0.15) is 18.9 Å². The third-order valence-corrected chi connectivity index (χ3v) is 4.94. The lowest BCUT2D eigenvalue weighted by molar-refractivity contribution is -0.128. The summed E-state index contributed by atoms with van der Waals surface area (Å²) < 4.78 is 0. The van der Waals surface area contributed by atoms with Crippen molar-refractivity contribution in [3.05, 3.63) is 34.9 Å². The second-order valence-corrected chi connectivity index (χ2v) is 6.85. The summed E-state index contributed by atoms with van der Waals surface area (Å²) in [6, 6.07) is 7.80. The highest BCUT2D eigenvalue weighted by Gasteiger charge is 2.32. The second kappa shape index (κ2) is 8.44. The Kier molecular flexibility index (Phi) is 6.58. The standard InChI is InChI=1S/C16H21ClN2O2S/c1-2-19-10-13(9-15(19)20)16(21)18-6-7-22-11-12-4-3-5-14(17)8-12/h3-5,8,13H,2,6-7,9-11H2,1H3,(H,18,21)/t13-/m1/s1. The van der Waals surface area contributed by atoms with Crippen LogP contribution in [0.3, 0.4) is 0 Å². The molecule has 1 aromatic carbocycles. The Morgan fingerprint density at radius 1 is 1.50 bits per heavy atom. The summed E-state index contributed by atoms with van der Waals surface area (Å²) in [5.74, 6) is 1.61. The van der Waals surface area contributed by atoms with Crippen molar-refractivity contribution in [2.45, 2.75) is 19.1 Å². The Morgan fingerprint density at radius 2 is 2.32 bits per heavy atom. The number of benzene rings is 1. The molecule has 1 atom stereocenters. The number of carbonyl (C=O) groups excluding carboxylic acids is 2. The molecule has 1 aromatic rings. The summed E-state index contributed by atoms with van der Waals surface area (Å²) in [6.45, 7) is 3.79. The van der Waals surface area contributed by atoms with E-state index in [4.69, 9.17) is 11.6 Å². The van der Waals surface area contributed by atoms with Crippen molar-refractivity contribution in [3.8, 4) is 0 Å². The van der Waals surface area contributed by atoms with Crippen molar-refractivity contribution in [2.24, 2.45) is 5.92 Å². The summed E-state index contributed by atoms with van der Waals surface area (Å²) in [5.41, 5.74) is 1.18. The third-order valence-electron chi connectivity index (χ3n) is 3.67. The van der Waals surface area contributed by atoms with E-state index in [9.17, 15) is 9.59 Å². The lowest BCUT2D eigenvalue weighted by atomic mass is 10.1. The predicted molar refractivity (Wildman–Crippen MR) is 91.0 cm³/mol. The normalized spacial score (nSPS) is 17.8. The zero-order valence-electron chi connectivity index (χ0n) is 12.7. The Labute approximate surface area is 140 Å². The number of carbonyl (C=O) groups is 2. The van der Waals surface area contributed by atoms with E-state index in [1.165, 1.54) is 5.56 Å². The molecule has 1 aliphatic rings. The number of hydrogen-bond donors (Lipinski definition) is 1. The average Bonchev–Trinajstić information content (AvgIpc) is 2.88. The molecule has 2 amide bonds. The quantitative estimate of drug-likeness (QED) is 0.776. The first-order valence-corrected chi connectivity index (χ1v) is 9.01. The summed E-state index contributed by atoms with van der Waals surface area (Å²) >= 11 is 7.69. The highest BCUT2D eigenvalue weighted by molar-refractivity contribution is 7.98. The van der Waals surface area contributed by atoms with E-state index in [0.29, 0.717) is 26.1 Å². The molecular weight excluding hydrogens is 320 g/mol. The van der Waals surface area contributed by atoms with Gasteiger partial charge in [-0.25, -0.2) is 0 Å². The summed E-state index contributed by atoms with van der Waals surface area (Å²) in [6.07, 6.45) is 0.343. The first-order chi connectivity index (χ1) is 10.6. The lowest BCUT2D eigenvalue weighted by Crippen LogP contribution is -2.34. The number of nitrogens with zero attached hydrogens (tertiary/aromatic N) is 1. The minimum absolute atomic E-state index is 0.00680. The number of likely N-dealkylation sites (tertiary alicyclic amines) is 1. The SMILES string of the molecule is CCN1C[C@H](C(=O)NCCSCc2cccc(Cl)c2)CC1=O. The van der Waals surface area contributed by atoms with Crippen LogP contribution in [-0.2, 0) is 15.3 Å². The highest BCUT2D eigenvalue weighted by Crippen LogP contribution is 2.18. The number of halogens is 1. The summed E-state index contributed by atoms with van der Waals surface area (Å²) in [5, 5.41) is 3.67. The van der Waals surface area contributed by atoms with Gasteiger partial charge in [0.25, 0.3) is 0 Å². The van der Waals surface area contributed by atoms with Crippen molar-refractivity contribution in [3.63, 3.8) is 0 Å². The van der Waals surface area contributed by atoms with Gasteiger partial charge in [-0.1, -0.05) is 23.7 Å². The maximum Gasteiger partial charge on any atom is 0.225 e. The Balaban J connectivity index is 1.62. The smallest absolute Gasteiger partial charge is 0.225 e. The fourth-order valence-electron chi connectivity index (χ4n) is 2.46. The van der Waals surface area contributed by atoms with E-state index in [0.717, 1.165) is 16.5 Å². The fourth-order valence-corrected chi connectivity index (χ4v) is 3.48. The van der Waals surface area contributed by atoms with Crippen LogP contribution < -0.4 is 5.32 Å². The minimum Gasteiger partial charge on any atom is -0.355 e. The third kappa shape index (κ3) is 4.92. The molecule has 120 valence electrons. The second-order valence-electron chi connectivity index (χ2n) is 5.31. The van der Waals surface area contributed by atoms with Gasteiger partial charge < -0.3 is 10.2 Å². The van der Waals surface area contributed by atoms with E-state index in [1.54, 1.807) is 16.7 Å². The van der Waals surface area contributed by atoms with E-state index in [2.05, 4.69) is 5.32 Å². The first-order valence-electron chi connectivity index (χ1n) is 7.47. The number of nitrogens with one attached hydrogen (secondary N) is 1. The van der Waals surface area contributed by atoms with Gasteiger partial charge in [-0.15, -0.1) is 0 Å². The van der Waals surface area contributed by atoms with Crippen LogP contribution in [0.5, 0.6) is 0 Å². The number of thioether (sulfide) groups is 1. The lowest BCUT2D eigenvalue weighted by Gasteiger charge is -2.13. The molecule has 0 saturated carbocycles. The highest BCUT2D eigenvalue weighted by atomic mass is 35.5. The molecule has 6 heteroatoms. The minimum atomic E-state index is -0.189. The van der Waals surface area contributed by atoms with Gasteiger partial charge in [0.1, 0.15) is 0 Å². The van der Waals surface area contributed by atoms with Gasteiger partial charge in [0.05, 0.1) is 5.92 Å². The van der Waals surface area contributed by atoms with E-state index >= 15 is 0 Å². The van der Waals surface area contributed by atoms with Crippen LogP contribution in [-0.4, -0.2) is 42.1 Å². The van der Waals surface area contributed by atoms with Crippen LogP contribution in [0, 0.1) is 5.92 Å². The molecule has 4 nitrogen and oxygen atoms in total. The maximum absolute atomic E-state index is 12.0. The van der Waals surface area contributed by atoms with E-state index in [1.807, 2.05) is 31.2 Å². The number of amides is 2. The molecule has 1 aliphatic heterocycles. The molecule has 1 fully saturated rings. The zero-order valence-corrected chi connectivity index (χ0v) is 14.3. The molecule has 1 heterocycles. The average molecular weight is 341 g/mol. The van der Waals surface area contributed by atoms with Crippen molar-refractivity contribution < 1.29 is 9.59 Å². The van der Waals surface area contributed by atoms with Crippen LogP contribution in [0.15, 0.2) is 24.3 Å². The van der Waals surface area contributed by atoms with Gasteiger partial charge in [-0.2, -0.15) is 11.8 Å². The molecule has 1 saturated heterocycles. The van der Waals surface area contributed by atoms with Gasteiger partial charge >= 0.3 is 0 Å². The van der Waals surface area contributed by atoms with Gasteiger partial charge in [-0.05, 0) is 24.6 Å². The largest absolute Gasteiger partial charge is 0.355 e. The molecular formula is C16H21ClN2O2S. The van der Waals surface area contributed by atoms with Crippen molar-refractivity contribution in [2.75, 3.05) is 25.4 Å². The summed E-state index contributed by atoms with van der Waals surface area (Å²) in [7, 11) is 0. The molecule has 1 N–H and O–H groups in total. The van der Waals surface area contributed by atoms with Crippen LogP contribution in [0.4, 0.5) is 0 Å². The molecule has 0 unspecified atom stereocenters. The van der Waals surface area contributed by atoms with Gasteiger partial charge in [0, 0.05) is 42.6 Å². The Bertz CT molecular complexity index is 539. The molecule has 0 aromatic heterocycles. The Morgan fingerprint density at radius 3 is 3.00 bits per heavy atom. The van der Waals surface area contributed by atoms with Gasteiger partial charge in [-0.3, -0.25) is 9.59 Å². The van der Waals surface area contributed by atoms with Gasteiger partial charge in [0.15, 0.2) is 0 Å². The molecule has 0 radical (unpaired) electrons. The van der Waals surface area contributed by atoms with Gasteiger partial charge in [0.2, 0.25) is 11.8 Å². The topological polar surface area (TPSA) is 49.4 Å². The van der Waals surface area contributed by atoms with E-state index in [-0.39, 0.29) is 17.7 Å².